The third kappa shape index (κ3) is 1.47. The van der Waals surface area contributed by atoms with Crippen LogP contribution < -0.4 is 0 Å². The summed E-state index contributed by atoms with van der Waals surface area (Å²) in [6, 6.07) is 0. The van der Waals surface area contributed by atoms with E-state index in [1.807, 2.05) is 6.92 Å². The second-order valence-corrected chi connectivity index (χ2v) is 7.00. The summed E-state index contributed by atoms with van der Waals surface area (Å²) in [7, 11) is 0. The van der Waals surface area contributed by atoms with Crippen molar-refractivity contribution in [2.24, 2.45) is 16.7 Å². The summed E-state index contributed by atoms with van der Waals surface area (Å²) in [5.74, 6) is 0.526. The average molecular weight is 244 g/mol. The van der Waals surface area contributed by atoms with Crippen LogP contribution in [0.5, 0.6) is 0 Å². The largest absolute Gasteiger partial charge is 0.299 e. The molecule has 0 aliphatic heterocycles. The standard InChI is InChI=1S/C16H20O2/c1-10-4-5-16-8-12(10)13(17)6-11(16)7-15(2,3)9-14(16)18/h4,6,12H,5,7-9H2,1-3H3. The van der Waals surface area contributed by atoms with Gasteiger partial charge >= 0.3 is 0 Å². The van der Waals surface area contributed by atoms with Crippen molar-refractivity contribution in [1.29, 1.82) is 0 Å². The van der Waals surface area contributed by atoms with Gasteiger partial charge in [-0.2, -0.15) is 0 Å². The molecule has 0 heterocycles. The van der Waals surface area contributed by atoms with Gasteiger partial charge in [0.25, 0.3) is 0 Å². The summed E-state index contributed by atoms with van der Waals surface area (Å²) in [5, 5.41) is 0. The van der Waals surface area contributed by atoms with Crippen LogP contribution in [0.4, 0.5) is 0 Å². The number of hydrogen-bond donors (Lipinski definition) is 0. The van der Waals surface area contributed by atoms with Crippen molar-refractivity contribution in [2.45, 2.75) is 46.5 Å². The molecule has 0 radical (unpaired) electrons. The molecular weight excluding hydrogens is 224 g/mol. The molecule has 2 bridgehead atoms. The first kappa shape index (κ1) is 11.9. The zero-order valence-electron chi connectivity index (χ0n) is 11.4. The fourth-order valence-electron chi connectivity index (χ4n) is 3.88. The third-order valence-corrected chi connectivity index (χ3v) is 4.99. The van der Waals surface area contributed by atoms with Crippen molar-refractivity contribution < 1.29 is 9.59 Å². The predicted octanol–water partition coefficient (Wildman–Crippen LogP) is 3.23. The highest BCUT2D eigenvalue weighted by Crippen LogP contribution is 2.56. The van der Waals surface area contributed by atoms with Crippen LogP contribution in [-0.4, -0.2) is 11.6 Å². The minimum atomic E-state index is -0.326. The van der Waals surface area contributed by atoms with E-state index in [0.29, 0.717) is 12.2 Å². The molecule has 0 aromatic carbocycles. The summed E-state index contributed by atoms with van der Waals surface area (Å²) >= 11 is 0. The zero-order valence-corrected chi connectivity index (χ0v) is 11.4. The van der Waals surface area contributed by atoms with Crippen LogP contribution in [-0.2, 0) is 9.59 Å². The van der Waals surface area contributed by atoms with Gasteiger partial charge in [0.1, 0.15) is 5.78 Å². The topological polar surface area (TPSA) is 34.1 Å². The molecule has 0 aromatic rings. The SMILES string of the molecule is CC1=CCC23CC1C(=O)C=C2CC(C)(C)CC3=O. The van der Waals surface area contributed by atoms with E-state index in [2.05, 4.69) is 19.9 Å². The number of allylic oxidation sites excluding steroid dienone is 4. The van der Waals surface area contributed by atoms with Gasteiger partial charge in [-0.25, -0.2) is 0 Å². The number of fused-ring (bicyclic) bond motifs is 1. The van der Waals surface area contributed by atoms with Crippen molar-refractivity contribution in [2.75, 3.05) is 0 Å². The number of rotatable bonds is 0. The first-order valence-electron chi connectivity index (χ1n) is 6.79. The Morgan fingerprint density at radius 1 is 1.22 bits per heavy atom. The van der Waals surface area contributed by atoms with Crippen molar-refractivity contribution in [3.8, 4) is 0 Å². The molecule has 0 aromatic heterocycles. The molecule has 1 spiro atoms. The first-order chi connectivity index (χ1) is 8.34. The van der Waals surface area contributed by atoms with Gasteiger partial charge in [-0.15, -0.1) is 0 Å². The molecule has 3 rings (SSSR count). The van der Waals surface area contributed by atoms with Crippen LogP contribution in [0.3, 0.4) is 0 Å². The maximum atomic E-state index is 12.6. The van der Waals surface area contributed by atoms with E-state index in [1.165, 1.54) is 0 Å². The lowest BCUT2D eigenvalue weighted by Gasteiger charge is -2.49. The Labute approximate surface area is 108 Å². The van der Waals surface area contributed by atoms with Crippen LogP contribution in [0.2, 0.25) is 0 Å². The lowest BCUT2D eigenvalue weighted by atomic mass is 9.52. The van der Waals surface area contributed by atoms with E-state index in [-0.39, 0.29) is 22.5 Å². The molecule has 2 nitrogen and oxygen atoms in total. The van der Waals surface area contributed by atoms with Gasteiger partial charge in [0.05, 0.1) is 5.41 Å². The molecule has 3 aliphatic rings. The normalized spacial score (nSPS) is 37.8. The molecule has 0 amide bonds. The van der Waals surface area contributed by atoms with Crippen LogP contribution in [0.1, 0.15) is 46.5 Å². The number of carbonyl (C=O) groups is 2. The molecule has 0 N–H and O–H groups in total. The highest BCUT2D eigenvalue weighted by atomic mass is 16.1. The van der Waals surface area contributed by atoms with Gasteiger partial charge in [-0.05, 0) is 37.7 Å². The predicted molar refractivity (Wildman–Crippen MR) is 70.0 cm³/mol. The first-order valence-corrected chi connectivity index (χ1v) is 6.79. The fourth-order valence-corrected chi connectivity index (χ4v) is 3.88. The lowest BCUT2D eigenvalue weighted by Crippen LogP contribution is -2.48. The van der Waals surface area contributed by atoms with Crippen LogP contribution in [0.25, 0.3) is 0 Å². The Balaban J connectivity index is 2.11. The van der Waals surface area contributed by atoms with Gasteiger partial charge < -0.3 is 0 Å². The molecule has 1 saturated carbocycles. The van der Waals surface area contributed by atoms with E-state index in [4.69, 9.17) is 0 Å². The summed E-state index contributed by atoms with van der Waals surface area (Å²) in [6.07, 6.45) is 7.00. The van der Waals surface area contributed by atoms with Crippen molar-refractivity contribution >= 4 is 11.6 Å². The maximum Gasteiger partial charge on any atom is 0.162 e. The maximum absolute atomic E-state index is 12.6. The van der Waals surface area contributed by atoms with Gasteiger partial charge in [0.2, 0.25) is 0 Å². The van der Waals surface area contributed by atoms with E-state index in [1.54, 1.807) is 6.08 Å². The smallest absolute Gasteiger partial charge is 0.162 e. The number of ketones is 2. The minimum Gasteiger partial charge on any atom is -0.299 e. The quantitative estimate of drug-likeness (QED) is 0.613. The van der Waals surface area contributed by atoms with E-state index >= 15 is 0 Å². The summed E-state index contributed by atoms with van der Waals surface area (Å²) in [4.78, 5) is 24.8. The third-order valence-electron chi connectivity index (χ3n) is 4.99. The van der Waals surface area contributed by atoms with E-state index < -0.39 is 0 Å². The highest BCUT2D eigenvalue weighted by Gasteiger charge is 2.53. The van der Waals surface area contributed by atoms with Crippen LogP contribution in [0.15, 0.2) is 23.3 Å². The molecule has 2 atom stereocenters. The molecule has 1 fully saturated rings. The average Bonchev–Trinajstić information content (AvgIpc) is 2.25. The molecule has 2 heteroatoms. The Morgan fingerprint density at radius 2 is 1.94 bits per heavy atom. The van der Waals surface area contributed by atoms with Crippen molar-refractivity contribution in [3.05, 3.63) is 23.3 Å². The minimum absolute atomic E-state index is 0.0114. The molecule has 2 unspecified atom stereocenters. The Hall–Kier alpha value is -1.18. The van der Waals surface area contributed by atoms with Crippen LogP contribution in [0, 0.1) is 16.7 Å². The molecule has 96 valence electrons. The molecule has 3 aliphatic carbocycles. The van der Waals surface area contributed by atoms with Crippen molar-refractivity contribution in [3.63, 3.8) is 0 Å². The fraction of sp³-hybridized carbons (Fsp3) is 0.625. The van der Waals surface area contributed by atoms with Gasteiger partial charge in [0.15, 0.2) is 5.78 Å². The Morgan fingerprint density at radius 3 is 2.67 bits per heavy atom. The molecule has 18 heavy (non-hydrogen) atoms. The van der Waals surface area contributed by atoms with E-state index in [0.717, 1.165) is 30.4 Å². The van der Waals surface area contributed by atoms with Crippen molar-refractivity contribution in [1.82, 2.24) is 0 Å². The second kappa shape index (κ2) is 3.43. The summed E-state index contributed by atoms with van der Waals surface area (Å²) in [5.41, 5.74) is 1.94. The van der Waals surface area contributed by atoms with Crippen LogP contribution >= 0.6 is 0 Å². The second-order valence-electron chi connectivity index (χ2n) is 7.00. The Bertz CT molecular complexity index is 507. The zero-order chi connectivity index (χ0) is 13.1. The Kier molecular flexibility index (Phi) is 2.27. The summed E-state index contributed by atoms with van der Waals surface area (Å²) < 4.78 is 0. The number of carbonyl (C=O) groups excluding carboxylic acids is 2. The number of hydrogen-bond acceptors (Lipinski definition) is 2. The van der Waals surface area contributed by atoms with E-state index in [9.17, 15) is 9.59 Å². The lowest BCUT2D eigenvalue weighted by molar-refractivity contribution is -0.134. The van der Waals surface area contributed by atoms with Gasteiger partial charge in [-0.3, -0.25) is 9.59 Å². The number of Topliss-reactive ketones (excluding diaryl/α,β-unsaturated/α-hetero) is 1. The van der Waals surface area contributed by atoms with Gasteiger partial charge in [0, 0.05) is 12.3 Å². The summed E-state index contributed by atoms with van der Waals surface area (Å²) in [6.45, 7) is 6.27. The van der Waals surface area contributed by atoms with Gasteiger partial charge in [-0.1, -0.05) is 31.1 Å². The highest BCUT2D eigenvalue weighted by molar-refractivity contribution is 6.01. The monoisotopic (exact) mass is 244 g/mol. The molecular formula is C16H20O2. The molecule has 0 saturated heterocycles.